The van der Waals surface area contributed by atoms with Crippen LogP contribution in [0.4, 0.5) is 4.39 Å². The number of nitrogens with zero attached hydrogens (tertiary/aromatic N) is 3. The first kappa shape index (κ1) is 22.2. The maximum Gasteiger partial charge on any atom is 0.243 e. The summed E-state index contributed by atoms with van der Waals surface area (Å²) in [5.41, 5.74) is 0.465. The third kappa shape index (κ3) is 4.20. The Kier molecular flexibility index (Phi) is 6.36. The van der Waals surface area contributed by atoms with Crippen molar-refractivity contribution in [3.8, 4) is 0 Å². The summed E-state index contributed by atoms with van der Waals surface area (Å²) in [6, 6.07) is 3.89. The number of benzene rings is 1. The molecule has 1 unspecified atom stereocenters. The molecule has 0 radical (unpaired) electrons. The molecule has 2 heterocycles. The average Bonchev–Trinajstić information content (AvgIpc) is 3.15. The van der Waals surface area contributed by atoms with Gasteiger partial charge in [0, 0.05) is 50.7 Å². The van der Waals surface area contributed by atoms with Gasteiger partial charge in [0.1, 0.15) is 5.82 Å². The van der Waals surface area contributed by atoms with Crippen LogP contribution in [0.15, 0.2) is 23.1 Å². The quantitative estimate of drug-likeness (QED) is 0.727. The lowest BCUT2D eigenvalue weighted by atomic mass is 9.92. The molecule has 1 aromatic carbocycles. The molecule has 2 aliphatic heterocycles. The zero-order chi connectivity index (χ0) is 21.4. The fraction of sp³-hybridized carbons (Fsp3) is 0.667. The molecule has 0 spiro atoms. The fourth-order valence-electron chi connectivity index (χ4n) is 4.57. The molecule has 0 N–H and O–H groups in total. The Hall–Kier alpha value is -1.51. The van der Waals surface area contributed by atoms with Crippen LogP contribution in [0.1, 0.15) is 39.2 Å². The van der Waals surface area contributed by atoms with E-state index < -0.39 is 15.8 Å². The van der Waals surface area contributed by atoms with Crippen LogP contribution in [0, 0.1) is 18.7 Å². The summed E-state index contributed by atoms with van der Waals surface area (Å²) in [5, 5.41) is 0. The van der Waals surface area contributed by atoms with Gasteiger partial charge in [-0.2, -0.15) is 4.31 Å². The van der Waals surface area contributed by atoms with Crippen LogP contribution >= 0.6 is 0 Å². The van der Waals surface area contributed by atoms with Crippen LogP contribution in [-0.2, 0) is 14.8 Å². The molecule has 1 atom stereocenters. The number of rotatable bonds is 5. The molecule has 2 fully saturated rings. The standard InChI is InChI=1S/C21H32FN3O3S/c1-5-21(8-9-23(15-21)20(26)16(2)3)24-10-12-25(13-11-24)29(27,28)19-14-18(22)7-6-17(19)4/h6-7,14,16H,5,8-13,15H2,1-4H3. The lowest BCUT2D eigenvalue weighted by Crippen LogP contribution is -2.59. The molecule has 0 saturated carbocycles. The predicted molar refractivity (Wildman–Crippen MR) is 111 cm³/mol. The van der Waals surface area contributed by atoms with E-state index in [4.69, 9.17) is 0 Å². The number of piperazine rings is 1. The Balaban J connectivity index is 1.71. The first-order chi connectivity index (χ1) is 13.6. The Morgan fingerprint density at radius 2 is 1.83 bits per heavy atom. The minimum absolute atomic E-state index is 0.0147. The second-order valence-corrected chi connectivity index (χ2v) is 10.4. The number of hydrogen-bond donors (Lipinski definition) is 0. The summed E-state index contributed by atoms with van der Waals surface area (Å²) in [6.07, 6.45) is 1.84. The number of carbonyl (C=O) groups is 1. The number of likely N-dealkylation sites (tertiary alicyclic amines) is 1. The van der Waals surface area contributed by atoms with Crippen LogP contribution < -0.4 is 0 Å². The SMILES string of the molecule is CCC1(N2CCN(S(=O)(=O)c3cc(F)ccc3C)CC2)CCN(C(=O)C(C)C)C1. The molecule has 162 valence electrons. The molecule has 0 aromatic heterocycles. The third-order valence-electron chi connectivity index (χ3n) is 6.47. The van der Waals surface area contributed by atoms with Crippen molar-refractivity contribution in [3.05, 3.63) is 29.6 Å². The van der Waals surface area contributed by atoms with Gasteiger partial charge >= 0.3 is 0 Å². The van der Waals surface area contributed by atoms with E-state index in [2.05, 4.69) is 11.8 Å². The molecule has 2 aliphatic rings. The Morgan fingerprint density at radius 3 is 2.41 bits per heavy atom. The number of amides is 1. The molecule has 3 rings (SSSR count). The van der Waals surface area contributed by atoms with E-state index >= 15 is 0 Å². The van der Waals surface area contributed by atoms with Gasteiger partial charge in [-0.15, -0.1) is 0 Å². The van der Waals surface area contributed by atoms with Crippen molar-refractivity contribution in [2.45, 2.75) is 51.0 Å². The Morgan fingerprint density at radius 1 is 1.17 bits per heavy atom. The lowest BCUT2D eigenvalue weighted by Gasteiger charge is -2.45. The molecule has 0 aliphatic carbocycles. The molecule has 1 aromatic rings. The number of aryl methyl sites for hydroxylation is 1. The number of sulfonamides is 1. The highest BCUT2D eigenvalue weighted by atomic mass is 32.2. The summed E-state index contributed by atoms with van der Waals surface area (Å²) in [4.78, 5) is 16.8. The first-order valence-electron chi connectivity index (χ1n) is 10.4. The molecule has 2 saturated heterocycles. The number of halogens is 1. The topological polar surface area (TPSA) is 60.9 Å². The highest BCUT2D eigenvalue weighted by molar-refractivity contribution is 7.89. The minimum atomic E-state index is -3.72. The van der Waals surface area contributed by atoms with Crippen molar-refractivity contribution in [2.75, 3.05) is 39.3 Å². The van der Waals surface area contributed by atoms with Crippen molar-refractivity contribution in [2.24, 2.45) is 5.92 Å². The van der Waals surface area contributed by atoms with E-state index in [9.17, 15) is 17.6 Å². The minimum Gasteiger partial charge on any atom is -0.341 e. The van der Waals surface area contributed by atoms with E-state index in [0.29, 0.717) is 38.3 Å². The molecular weight excluding hydrogens is 393 g/mol. The second kappa shape index (κ2) is 8.32. The average molecular weight is 426 g/mol. The summed E-state index contributed by atoms with van der Waals surface area (Å²) in [5.74, 6) is -0.374. The van der Waals surface area contributed by atoms with Crippen molar-refractivity contribution in [3.63, 3.8) is 0 Å². The van der Waals surface area contributed by atoms with Crippen LogP contribution in [-0.4, -0.2) is 73.2 Å². The molecule has 6 nitrogen and oxygen atoms in total. The van der Waals surface area contributed by atoms with Gasteiger partial charge in [0.05, 0.1) is 4.90 Å². The largest absolute Gasteiger partial charge is 0.341 e. The highest BCUT2D eigenvalue weighted by Crippen LogP contribution is 2.33. The van der Waals surface area contributed by atoms with Gasteiger partial charge in [-0.05, 0) is 37.5 Å². The van der Waals surface area contributed by atoms with Gasteiger partial charge in [0.15, 0.2) is 0 Å². The van der Waals surface area contributed by atoms with Crippen LogP contribution in [0.5, 0.6) is 0 Å². The number of hydrogen-bond acceptors (Lipinski definition) is 4. The molecule has 0 bridgehead atoms. The van der Waals surface area contributed by atoms with E-state index in [1.807, 2.05) is 18.7 Å². The zero-order valence-corrected chi connectivity index (χ0v) is 18.6. The number of carbonyl (C=O) groups excluding carboxylic acids is 1. The Labute approximate surface area is 173 Å². The highest BCUT2D eigenvalue weighted by Gasteiger charge is 2.45. The van der Waals surface area contributed by atoms with Gasteiger partial charge < -0.3 is 4.90 Å². The van der Waals surface area contributed by atoms with Crippen LogP contribution in [0.25, 0.3) is 0 Å². The summed E-state index contributed by atoms with van der Waals surface area (Å²) in [6.45, 7) is 11.1. The van der Waals surface area contributed by atoms with E-state index in [1.54, 1.807) is 6.92 Å². The van der Waals surface area contributed by atoms with Gasteiger partial charge in [-0.3, -0.25) is 9.69 Å². The smallest absolute Gasteiger partial charge is 0.243 e. The molecule has 8 heteroatoms. The van der Waals surface area contributed by atoms with E-state index in [-0.39, 0.29) is 22.3 Å². The van der Waals surface area contributed by atoms with Gasteiger partial charge in [-0.25, -0.2) is 12.8 Å². The fourth-order valence-corrected chi connectivity index (χ4v) is 6.23. The Bertz CT molecular complexity index is 866. The second-order valence-electron chi connectivity index (χ2n) is 8.54. The van der Waals surface area contributed by atoms with Crippen LogP contribution in [0.3, 0.4) is 0 Å². The monoisotopic (exact) mass is 425 g/mol. The molecular formula is C21H32FN3O3S. The van der Waals surface area contributed by atoms with Crippen molar-refractivity contribution < 1.29 is 17.6 Å². The van der Waals surface area contributed by atoms with E-state index in [1.165, 1.54) is 16.4 Å². The maximum absolute atomic E-state index is 13.6. The normalized spacial score (nSPS) is 24.4. The summed E-state index contributed by atoms with van der Waals surface area (Å²) < 4.78 is 41.2. The summed E-state index contributed by atoms with van der Waals surface area (Å²) >= 11 is 0. The first-order valence-corrected chi connectivity index (χ1v) is 11.8. The van der Waals surface area contributed by atoms with E-state index in [0.717, 1.165) is 25.5 Å². The summed E-state index contributed by atoms with van der Waals surface area (Å²) in [7, 11) is -3.72. The van der Waals surface area contributed by atoms with Gasteiger partial charge in [-0.1, -0.05) is 26.8 Å². The third-order valence-corrected chi connectivity index (χ3v) is 8.51. The predicted octanol–water partition coefficient (Wildman–Crippen LogP) is 2.48. The van der Waals surface area contributed by atoms with Crippen molar-refractivity contribution in [1.29, 1.82) is 0 Å². The van der Waals surface area contributed by atoms with Gasteiger partial charge in [0.25, 0.3) is 0 Å². The maximum atomic E-state index is 13.6. The zero-order valence-electron chi connectivity index (χ0n) is 17.8. The van der Waals surface area contributed by atoms with Crippen molar-refractivity contribution >= 4 is 15.9 Å². The van der Waals surface area contributed by atoms with Crippen LogP contribution in [0.2, 0.25) is 0 Å². The van der Waals surface area contributed by atoms with Gasteiger partial charge in [0.2, 0.25) is 15.9 Å². The molecule has 1 amide bonds. The van der Waals surface area contributed by atoms with Crippen molar-refractivity contribution in [1.82, 2.24) is 14.1 Å². The lowest BCUT2D eigenvalue weighted by molar-refractivity contribution is -0.134. The molecule has 29 heavy (non-hydrogen) atoms.